The van der Waals surface area contributed by atoms with E-state index < -0.39 is 18.3 Å². The van der Waals surface area contributed by atoms with Crippen LogP contribution in [0.15, 0.2) is 0 Å². The Morgan fingerprint density at radius 2 is 2.12 bits per heavy atom. The Labute approximate surface area is 93.0 Å². The Hall–Kier alpha value is -0.330. The van der Waals surface area contributed by atoms with E-state index in [0.717, 1.165) is 12.8 Å². The highest BCUT2D eigenvalue weighted by atomic mass is 19.4. The van der Waals surface area contributed by atoms with E-state index in [1.54, 1.807) is 0 Å². The second kappa shape index (κ2) is 5.33. The van der Waals surface area contributed by atoms with Gasteiger partial charge in [0.25, 0.3) is 0 Å². The van der Waals surface area contributed by atoms with Crippen molar-refractivity contribution in [2.24, 2.45) is 0 Å². The molecular weight excluding hydrogens is 223 g/mol. The van der Waals surface area contributed by atoms with Crippen molar-refractivity contribution in [2.75, 3.05) is 20.3 Å². The molecule has 2 atom stereocenters. The molecule has 0 aromatic carbocycles. The van der Waals surface area contributed by atoms with Crippen LogP contribution in [-0.4, -0.2) is 43.2 Å². The first-order valence-corrected chi connectivity index (χ1v) is 5.39. The average Bonchev–Trinajstić information content (AvgIpc) is 2.25. The normalized spacial score (nSPS) is 31.7. The van der Waals surface area contributed by atoms with E-state index in [9.17, 15) is 18.3 Å². The molecule has 0 spiro atoms. The van der Waals surface area contributed by atoms with Crippen molar-refractivity contribution < 1.29 is 23.0 Å². The molecule has 16 heavy (non-hydrogen) atoms. The summed E-state index contributed by atoms with van der Waals surface area (Å²) in [6, 6.07) is 0. The van der Waals surface area contributed by atoms with Crippen LogP contribution < -0.4 is 5.32 Å². The quantitative estimate of drug-likeness (QED) is 0.783. The van der Waals surface area contributed by atoms with Crippen LogP contribution in [0.2, 0.25) is 0 Å². The topological polar surface area (TPSA) is 41.5 Å². The summed E-state index contributed by atoms with van der Waals surface area (Å²) in [5.74, 6) is 0. The third-order valence-electron chi connectivity index (χ3n) is 3.16. The third-order valence-corrected chi connectivity index (χ3v) is 3.16. The molecule has 0 saturated heterocycles. The van der Waals surface area contributed by atoms with Gasteiger partial charge in [0.2, 0.25) is 0 Å². The standard InChI is InChI=1S/C10H18F3NO2/c1-16-8-4-2-3-5-9(8,7-15)14-6-10(11,12)13/h8,14-15H,2-7H2,1H3. The fraction of sp³-hybridized carbons (Fsp3) is 1.00. The number of aliphatic hydroxyl groups excluding tert-OH is 1. The third kappa shape index (κ3) is 3.33. The molecule has 0 bridgehead atoms. The lowest BCUT2D eigenvalue weighted by Gasteiger charge is -2.43. The van der Waals surface area contributed by atoms with E-state index >= 15 is 0 Å². The molecule has 6 heteroatoms. The van der Waals surface area contributed by atoms with Gasteiger partial charge in [0.05, 0.1) is 24.8 Å². The van der Waals surface area contributed by atoms with E-state index in [0.29, 0.717) is 12.8 Å². The zero-order valence-corrected chi connectivity index (χ0v) is 9.31. The Balaban J connectivity index is 2.66. The number of halogens is 3. The van der Waals surface area contributed by atoms with Crippen LogP contribution >= 0.6 is 0 Å². The molecule has 1 fully saturated rings. The summed E-state index contributed by atoms with van der Waals surface area (Å²) in [7, 11) is 1.47. The van der Waals surface area contributed by atoms with Gasteiger partial charge in [-0.05, 0) is 12.8 Å². The fourth-order valence-corrected chi connectivity index (χ4v) is 2.27. The van der Waals surface area contributed by atoms with Crippen molar-refractivity contribution in [2.45, 2.75) is 43.5 Å². The number of rotatable bonds is 4. The molecule has 1 aliphatic carbocycles. The van der Waals surface area contributed by atoms with Gasteiger partial charge in [-0.15, -0.1) is 0 Å². The minimum Gasteiger partial charge on any atom is -0.394 e. The highest BCUT2D eigenvalue weighted by Gasteiger charge is 2.42. The molecule has 0 aliphatic heterocycles. The van der Waals surface area contributed by atoms with E-state index in [4.69, 9.17) is 4.74 Å². The van der Waals surface area contributed by atoms with E-state index in [1.807, 2.05) is 0 Å². The lowest BCUT2D eigenvalue weighted by Crippen LogP contribution is -2.61. The lowest BCUT2D eigenvalue weighted by molar-refractivity contribution is -0.138. The molecule has 0 radical (unpaired) electrons. The van der Waals surface area contributed by atoms with Gasteiger partial charge in [-0.2, -0.15) is 13.2 Å². The molecular formula is C10H18F3NO2. The number of aliphatic hydroxyl groups is 1. The summed E-state index contributed by atoms with van der Waals surface area (Å²) in [5, 5.41) is 11.8. The molecule has 1 aliphatic rings. The van der Waals surface area contributed by atoms with Gasteiger partial charge < -0.3 is 9.84 Å². The summed E-state index contributed by atoms with van der Waals surface area (Å²) in [4.78, 5) is 0. The first kappa shape index (κ1) is 13.7. The van der Waals surface area contributed by atoms with Crippen LogP contribution in [0, 0.1) is 0 Å². The number of alkyl halides is 3. The SMILES string of the molecule is COC1CCCCC1(CO)NCC(F)(F)F. The zero-order chi connectivity index (χ0) is 12.2. The highest BCUT2D eigenvalue weighted by Crippen LogP contribution is 2.31. The predicted molar refractivity (Wildman–Crippen MR) is 53.1 cm³/mol. The molecule has 0 aromatic heterocycles. The van der Waals surface area contributed by atoms with Crippen molar-refractivity contribution in [3.63, 3.8) is 0 Å². The van der Waals surface area contributed by atoms with E-state index in [1.165, 1.54) is 7.11 Å². The first-order valence-electron chi connectivity index (χ1n) is 5.39. The summed E-state index contributed by atoms with van der Waals surface area (Å²) < 4.78 is 41.7. The molecule has 1 saturated carbocycles. The zero-order valence-electron chi connectivity index (χ0n) is 9.31. The van der Waals surface area contributed by atoms with Gasteiger partial charge in [0.15, 0.2) is 0 Å². The number of ether oxygens (including phenoxy) is 1. The maximum absolute atomic E-state index is 12.2. The number of methoxy groups -OCH3 is 1. The molecule has 96 valence electrons. The summed E-state index contributed by atoms with van der Waals surface area (Å²) in [5.41, 5.74) is -0.942. The molecule has 0 amide bonds. The smallest absolute Gasteiger partial charge is 0.394 e. The van der Waals surface area contributed by atoms with Gasteiger partial charge in [-0.1, -0.05) is 12.8 Å². The number of nitrogens with one attached hydrogen (secondary N) is 1. The maximum atomic E-state index is 12.2. The second-order valence-corrected chi connectivity index (χ2v) is 4.25. The summed E-state index contributed by atoms with van der Waals surface area (Å²) in [6.07, 6.45) is -1.69. The van der Waals surface area contributed by atoms with Gasteiger partial charge in [0.1, 0.15) is 0 Å². The van der Waals surface area contributed by atoms with Gasteiger partial charge in [0, 0.05) is 7.11 Å². The van der Waals surface area contributed by atoms with Crippen molar-refractivity contribution in [1.82, 2.24) is 5.32 Å². The predicted octanol–water partition coefficient (Wildman–Crippen LogP) is 1.46. The Bertz CT molecular complexity index is 223. The average molecular weight is 241 g/mol. The van der Waals surface area contributed by atoms with E-state index in [2.05, 4.69) is 5.32 Å². The van der Waals surface area contributed by atoms with E-state index in [-0.39, 0.29) is 12.7 Å². The van der Waals surface area contributed by atoms with Crippen molar-refractivity contribution in [3.05, 3.63) is 0 Å². The molecule has 0 aromatic rings. The van der Waals surface area contributed by atoms with Crippen molar-refractivity contribution in [3.8, 4) is 0 Å². The van der Waals surface area contributed by atoms with Crippen LogP contribution in [0.3, 0.4) is 0 Å². The molecule has 2 N–H and O–H groups in total. The van der Waals surface area contributed by atoms with Gasteiger partial charge in [-0.3, -0.25) is 5.32 Å². The van der Waals surface area contributed by atoms with Crippen molar-refractivity contribution in [1.29, 1.82) is 0 Å². The monoisotopic (exact) mass is 241 g/mol. The lowest BCUT2D eigenvalue weighted by atomic mass is 9.79. The van der Waals surface area contributed by atoms with Crippen LogP contribution in [0.5, 0.6) is 0 Å². The minimum absolute atomic E-state index is 0.332. The van der Waals surface area contributed by atoms with Crippen LogP contribution in [-0.2, 0) is 4.74 Å². The van der Waals surface area contributed by atoms with Gasteiger partial charge in [-0.25, -0.2) is 0 Å². The molecule has 2 unspecified atom stereocenters. The first-order chi connectivity index (χ1) is 7.43. The Morgan fingerprint density at radius 1 is 1.44 bits per heavy atom. The second-order valence-electron chi connectivity index (χ2n) is 4.25. The minimum atomic E-state index is -4.27. The Kier molecular flexibility index (Phi) is 4.58. The van der Waals surface area contributed by atoms with Crippen molar-refractivity contribution >= 4 is 0 Å². The summed E-state index contributed by atoms with van der Waals surface area (Å²) >= 11 is 0. The fourth-order valence-electron chi connectivity index (χ4n) is 2.27. The Morgan fingerprint density at radius 3 is 2.62 bits per heavy atom. The molecule has 3 nitrogen and oxygen atoms in total. The van der Waals surface area contributed by atoms with Crippen LogP contribution in [0.4, 0.5) is 13.2 Å². The van der Waals surface area contributed by atoms with Crippen LogP contribution in [0.1, 0.15) is 25.7 Å². The largest absolute Gasteiger partial charge is 0.401 e. The highest BCUT2D eigenvalue weighted by molar-refractivity contribution is 4.98. The number of hydrogen-bond acceptors (Lipinski definition) is 3. The maximum Gasteiger partial charge on any atom is 0.401 e. The van der Waals surface area contributed by atoms with Gasteiger partial charge >= 0.3 is 6.18 Å². The molecule has 0 heterocycles. The molecule has 1 rings (SSSR count). The number of hydrogen-bond donors (Lipinski definition) is 2. The summed E-state index contributed by atoms with van der Waals surface area (Å²) in [6.45, 7) is -1.42. The van der Waals surface area contributed by atoms with Crippen LogP contribution in [0.25, 0.3) is 0 Å².